The number of rotatable bonds is 4. The van der Waals surface area contributed by atoms with Crippen LogP contribution in [0.3, 0.4) is 0 Å². The highest BCUT2D eigenvalue weighted by Gasteiger charge is 2.31. The van der Waals surface area contributed by atoms with E-state index in [0.29, 0.717) is 5.95 Å². The second-order valence-electron chi connectivity index (χ2n) is 5.21. The Morgan fingerprint density at radius 1 is 1.55 bits per heavy atom. The number of furan rings is 1. The van der Waals surface area contributed by atoms with Crippen molar-refractivity contribution in [3.63, 3.8) is 0 Å². The second kappa shape index (κ2) is 5.63. The van der Waals surface area contributed by atoms with Gasteiger partial charge in [0.2, 0.25) is 11.8 Å². The first-order chi connectivity index (χ1) is 10.6. The summed E-state index contributed by atoms with van der Waals surface area (Å²) in [5, 5.41) is 10.8. The van der Waals surface area contributed by atoms with Crippen LogP contribution < -0.4 is 10.6 Å². The number of hydrogen-bond acceptors (Lipinski definition) is 7. The van der Waals surface area contributed by atoms with Crippen molar-refractivity contribution in [3.8, 4) is 0 Å². The van der Waals surface area contributed by atoms with Gasteiger partial charge in [-0.25, -0.2) is 4.98 Å². The van der Waals surface area contributed by atoms with Gasteiger partial charge in [0.15, 0.2) is 0 Å². The molecule has 1 aliphatic rings. The standard InChI is InChI=1S/C14H17N5O3/c1-2-9-5-6-12(22-9)10-4-3-7-18(10)14-16-8-11(19(20)21)13(15)17-14/h5-6,8,10H,2-4,7H2,1H3,(H2,15,16,17)/t10-/m0/s1. The Hall–Kier alpha value is -2.64. The summed E-state index contributed by atoms with van der Waals surface area (Å²) in [5.41, 5.74) is 5.38. The number of aromatic nitrogens is 2. The molecule has 0 aromatic carbocycles. The summed E-state index contributed by atoms with van der Waals surface area (Å²) in [7, 11) is 0. The quantitative estimate of drug-likeness (QED) is 0.682. The molecule has 0 radical (unpaired) electrons. The second-order valence-corrected chi connectivity index (χ2v) is 5.21. The van der Waals surface area contributed by atoms with Crippen LogP contribution in [0.15, 0.2) is 22.7 Å². The van der Waals surface area contributed by atoms with Crippen molar-refractivity contribution in [2.45, 2.75) is 32.2 Å². The molecule has 1 aliphatic heterocycles. The highest BCUT2D eigenvalue weighted by molar-refractivity contribution is 5.54. The Balaban J connectivity index is 1.89. The molecule has 8 heteroatoms. The van der Waals surface area contributed by atoms with E-state index in [4.69, 9.17) is 10.2 Å². The van der Waals surface area contributed by atoms with E-state index in [0.717, 1.165) is 43.5 Å². The fourth-order valence-corrected chi connectivity index (χ4v) is 2.72. The third-order valence-corrected chi connectivity index (χ3v) is 3.85. The first-order valence-electron chi connectivity index (χ1n) is 7.22. The van der Waals surface area contributed by atoms with Gasteiger partial charge in [0.25, 0.3) is 0 Å². The van der Waals surface area contributed by atoms with E-state index in [-0.39, 0.29) is 17.5 Å². The van der Waals surface area contributed by atoms with E-state index in [2.05, 4.69) is 9.97 Å². The number of anilines is 2. The largest absolute Gasteiger partial charge is 0.464 e. The predicted molar refractivity (Wildman–Crippen MR) is 80.5 cm³/mol. The summed E-state index contributed by atoms with van der Waals surface area (Å²) in [5.74, 6) is 2.09. The average molecular weight is 303 g/mol. The lowest BCUT2D eigenvalue weighted by atomic mass is 10.2. The topological polar surface area (TPSA) is 111 Å². The average Bonchev–Trinajstić information content (AvgIpc) is 3.15. The molecule has 2 aromatic heterocycles. The number of hydrogen-bond donors (Lipinski definition) is 1. The zero-order valence-corrected chi connectivity index (χ0v) is 12.2. The number of nitrogens with two attached hydrogens (primary N) is 1. The van der Waals surface area contributed by atoms with Gasteiger partial charge in [-0.3, -0.25) is 10.1 Å². The lowest BCUT2D eigenvalue weighted by molar-refractivity contribution is -0.384. The zero-order valence-electron chi connectivity index (χ0n) is 12.2. The summed E-state index contributed by atoms with van der Waals surface area (Å²) in [4.78, 5) is 20.4. The Morgan fingerprint density at radius 3 is 3.00 bits per heavy atom. The maximum absolute atomic E-state index is 10.8. The lowest BCUT2D eigenvalue weighted by Crippen LogP contribution is -2.24. The van der Waals surface area contributed by atoms with Gasteiger partial charge >= 0.3 is 5.69 Å². The smallest absolute Gasteiger partial charge is 0.329 e. The molecule has 3 heterocycles. The molecule has 0 saturated carbocycles. The van der Waals surface area contributed by atoms with E-state index >= 15 is 0 Å². The van der Waals surface area contributed by atoms with Crippen LogP contribution >= 0.6 is 0 Å². The normalized spacial score (nSPS) is 17.9. The van der Waals surface area contributed by atoms with Crippen LogP contribution in [0.4, 0.5) is 17.5 Å². The molecule has 2 aromatic rings. The van der Waals surface area contributed by atoms with Crippen molar-refractivity contribution in [2.24, 2.45) is 0 Å². The summed E-state index contributed by atoms with van der Waals surface area (Å²) in [6.45, 7) is 2.80. The maximum atomic E-state index is 10.8. The molecule has 116 valence electrons. The van der Waals surface area contributed by atoms with Gasteiger partial charge in [0.1, 0.15) is 17.7 Å². The van der Waals surface area contributed by atoms with Crippen LogP contribution in [0, 0.1) is 10.1 Å². The summed E-state index contributed by atoms with van der Waals surface area (Å²) in [6.07, 6.45) is 3.91. The van der Waals surface area contributed by atoms with Crippen molar-refractivity contribution >= 4 is 17.5 Å². The fourth-order valence-electron chi connectivity index (χ4n) is 2.72. The predicted octanol–water partition coefficient (Wildman–Crippen LogP) is 2.46. The molecule has 0 amide bonds. The molecule has 0 aliphatic carbocycles. The van der Waals surface area contributed by atoms with E-state index in [1.807, 2.05) is 24.0 Å². The number of nitrogen functional groups attached to an aromatic ring is 1. The summed E-state index contributed by atoms with van der Waals surface area (Å²) < 4.78 is 5.82. The molecule has 1 fully saturated rings. The van der Waals surface area contributed by atoms with Gasteiger partial charge in [-0.15, -0.1) is 0 Å². The van der Waals surface area contributed by atoms with E-state index in [1.165, 1.54) is 0 Å². The van der Waals surface area contributed by atoms with E-state index < -0.39 is 4.92 Å². The van der Waals surface area contributed by atoms with Crippen LogP contribution in [-0.2, 0) is 6.42 Å². The van der Waals surface area contributed by atoms with Crippen LogP contribution in [0.25, 0.3) is 0 Å². The number of aryl methyl sites for hydroxylation is 1. The minimum Gasteiger partial charge on any atom is -0.464 e. The molecule has 1 atom stereocenters. The molecule has 3 rings (SSSR count). The van der Waals surface area contributed by atoms with E-state index in [1.54, 1.807) is 0 Å². The number of nitrogens with zero attached hydrogens (tertiary/aromatic N) is 4. The van der Waals surface area contributed by atoms with Crippen molar-refractivity contribution in [3.05, 3.63) is 40.0 Å². The minimum absolute atomic E-state index is 0.0427. The van der Waals surface area contributed by atoms with Crippen LogP contribution in [0.2, 0.25) is 0 Å². The summed E-state index contributed by atoms with van der Waals surface area (Å²) >= 11 is 0. The SMILES string of the molecule is CCc1ccc([C@@H]2CCCN2c2ncc([N+](=O)[O-])c(N)n2)o1. The van der Waals surface area contributed by atoms with Gasteiger partial charge in [-0.1, -0.05) is 6.92 Å². The van der Waals surface area contributed by atoms with Gasteiger partial charge in [0.05, 0.1) is 11.0 Å². The first-order valence-corrected chi connectivity index (χ1v) is 7.22. The van der Waals surface area contributed by atoms with Gasteiger partial charge in [-0.2, -0.15) is 4.98 Å². The number of nitro groups is 1. The third-order valence-electron chi connectivity index (χ3n) is 3.85. The monoisotopic (exact) mass is 303 g/mol. The molecular formula is C14H17N5O3. The van der Waals surface area contributed by atoms with Crippen molar-refractivity contribution in [1.29, 1.82) is 0 Å². The van der Waals surface area contributed by atoms with Crippen molar-refractivity contribution in [1.82, 2.24) is 9.97 Å². The van der Waals surface area contributed by atoms with Crippen LogP contribution in [0.1, 0.15) is 37.3 Å². The summed E-state index contributed by atoms with van der Waals surface area (Å²) in [6, 6.07) is 3.98. The molecule has 8 nitrogen and oxygen atoms in total. The molecule has 22 heavy (non-hydrogen) atoms. The zero-order chi connectivity index (χ0) is 15.7. The Morgan fingerprint density at radius 2 is 2.36 bits per heavy atom. The third kappa shape index (κ3) is 2.47. The van der Waals surface area contributed by atoms with Gasteiger partial charge in [-0.05, 0) is 25.0 Å². The Kier molecular flexibility index (Phi) is 3.66. The van der Waals surface area contributed by atoms with Crippen LogP contribution in [-0.4, -0.2) is 21.4 Å². The van der Waals surface area contributed by atoms with Gasteiger partial charge < -0.3 is 15.1 Å². The maximum Gasteiger partial charge on any atom is 0.329 e. The molecule has 1 saturated heterocycles. The Bertz CT molecular complexity index is 700. The molecule has 0 unspecified atom stereocenters. The highest BCUT2D eigenvalue weighted by Crippen LogP contribution is 2.36. The van der Waals surface area contributed by atoms with Crippen LogP contribution in [0.5, 0.6) is 0 Å². The molecule has 2 N–H and O–H groups in total. The fraction of sp³-hybridized carbons (Fsp3) is 0.429. The van der Waals surface area contributed by atoms with Gasteiger partial charge in [0, 0.05) is 13.0 Å². The molecule has 0 spiro atoms. The highest BCUT2D eigenvalue weighted by atomic mass is 16.6. The lowest BCUT2D eigenvalue weighted by Gasteiger charge is -2.22. The Labute approximate surface area is 127 Å². The first kappa shape index (κ1) is 14.3. The minimum atomic E-state index is -0.583. The molecular weight excluding hydrogens is 286 g/mol. The van der Waals surface area contributed by atoms with Crippen molar-refractivity contribution < 1.29 is 9.34 Å². The van der Waals surface area contributed by atoms with Crippen molar-refractivity contribution in [2.75, 3.05) is 17.2 Å². The molecule has 0 bridgehead atoms. The van der Waals surface area contributed by atoms with E-state index in [9.17, 15) is 10.1 Å².